The summed E-state index contributed by atoms with van der Waals surface area (Å²) in [6.45, 7) is 0.235. The molecule has 0 saturated carbocycles. The highest BCUT2D eigenvalue weighted by molar-refractivity contribution is 6.30. The highest BCUT2D eigenvalue weighted by Crippen LogP contribution is 2.24. The molecule has 1 aliphatic rings. The molecule has 6 nitrogen and oxygen atoms in total. The fraction of sp³-hybridized carbons (Fsp3) is 0.154. The van der Waals surface area contributed by atoms with Crippen molar-refractivity contribution >= 4 is 23.3 Å². The van der Waals surface area contributed by atoms with Crippen LogP contribution in [0.15, 0.2) is 29.1 Å². The van der Waals surface area contributed by atoms with Crippen LogP contribution in [0.2, 0.25) is 5.02 Å². The van der Waals surface area contributed by atoms with Gasteiger partial charge in [0, 0.05) is 10.7 Å². The molecule has 0 saturated heterocycles. The summed E-state index contributed by atoms with van der Waals surface area (Å²) in [5.41, 5.74) is 0.173. The normalized spacial score (nSPS) is 13.4. The molecular formula is C13H9ClN4O2. The molecule has 0 radical (unpaired) electrons. The SMILES string of the molecule is C#CCn1c(=O)nc2n1C(=O)N(c1ccc(Cl)cc1)C2. The lowest BCUT2D eigenvalue weighted by molar-refractivity contribution is 0.245. The molecule has 1 aliphatic heterocycles. The van der Waals surface area contributed by atoms with E-state index in [-0.39, 0.29) is 19.1 Å². The van der Waals surface area contributed by atoms with Crippen LogP contribution < -0.4 is 10.6 Å². The number of anilines is 1. The van der Waals surface area contributed by atoms with Gasteiger partial charge in [0.05, 0.1) is 6.54 Å². The van der Waals surface area contributed by atoms with Crippen molar-refractivity contribution in [1.82, 2.24) is 14.3 Å². The maximum absolute atomic E-state index is 12.4. The number of aromatic nitrogens is 3. The van der Waals surface area contributed by atoms with E-state index in [0.29, 0.717) is 16.5 Å². The Bertz CT molecular complexity index is 782. The van der Waals surface area contributed by atoms with E-state index in [0.717, 1.165) is 4.68 Å². The molecular weight excluding hydrogens is 280 g/mol. The lowest BCUT2D eigenvalue weighted by Crippen LogP contribution is -2.33. The molecule has 3 rings (SSSR count). The molecule has 0 spiro atoms. The number of terminal acetylenes is 1. The minimum atomic E-state index is -0.512. The van der Waals surface area contributed by atoms with Gasteiger partial charge in [-0.25, -0.2) is 14.3 Å². The van der Waals surface area contributed by atoms with E-state index in [9.17, 15) is 9.59 Å². The third kappa shape index (κ3) is 1.80. The van der Waals surface area contributed by atoms with E-state index in [1.807, 2.05) is 0 Å². The summed E-state index contributed by atoms with van der Waals surface area (Å²) in [4.78, 5) is 29.3. The molecule has 1 aromatic carbocycles. The number of benzene rings is 1. The van der Waals surface area contributed by atoms with Crippen molar-refractivity contribution < 1.29 is 4.79 Å². The number of amides is 1. The largest absolute Gasteiger partial charge is 0.365 e. The van der Waals surface area contributed by atoms with Crippen molar-refractivity contribution in [3.8, 4) is 12.3 Å². The van der Waals surface area contributed by atoms with Crippen molar-refractivity contribution in [1.29, 1.82) is 0 Å². The van der Waals surface area contributed by atoms with Gasteiger partial charge in [0.1, 0.15) is 6.54 Å². The number of fused-ring (bicyclic) bond motifs is 1. The third-order valence-electron chi connectivity index (χ3n) is 3.02. The highest BCUT2D eigenvalue weighted by atomic mass is 35.5. The smallest absolute Gasteiger partial charge is 0.285 e. The number of nitrogens with zero attached hydrogens (tertiary/aromatic N) is 4. The number of halogens is 1. The molecule has 2 aromatic rings. The molecule has 1 aromatic heterocycles. The second-order valence-corrected chi connectivity index (χ2v) is 4.67. The van der Waals surface area contributed by atoms with Crippen LogP contribution >= 0.6 is 11.6 Å². The average molecular weight is 289 g/mol. The zero-order valence-electron chi connectivity index (χ0n) is 10.3. The summed E-state index contributed by atoms with van der Waals surface area (Å²) in [5, 5.41) is 0.586. The van der Waals surface area contributed by atoms with E-state index < -0.39 is 5.69 Å². The van der Waals surface area contributed by atoms with E-state index >= 15 is 0 Å². The topological polar surface area (TPSA) is 60.1 Å². The van der Waals surface area contributed by atoms with Crippen LogP contribution in [0.5, 0.6) is 0 Å². The van der Waals surface area contributed by atoms with E-state index in [1.54, 1.807) is 24.3 Å². The Balaban J connectivity index is 2.02. The maximum Gasteiger partial charge on any atom is 0.365 e. The Hall–Kier alpha value is -2.52. The summed E-state index contributed by atoms with van der Waals surface area (Å²) in [7, 11) is 0. The van der Waals surface area contributed by atoms with Gasteiger partial charge < -0.3 is 0 Å². The fourth-order valence-corrected chi connectivity index (χ4v) is 2.25. The summed E-state index contributed by atoms with van der Waals surface area (Å²) >= 11 is 5.82. The van der Waals surface area contributed by atoms with Gasteiger partial charge in [-0.2, -0.15) is 9.67 Å². The number of hydrogen-bond donors (Lipinski definition) is 0. The van der Waals surface area contributed by atoms with Gasteiger partial charge in [0.25, 0.3) is 0 Å². The van der Waals surface area contributed by atoms with Crippen LogP contribution in [0.1, 0.15) is 5.82 Å². The molecule has 2 heterocycles. The average Bonchev–Trinajstić information content (AvgIpc) is 2.89. The molecule has 1 amide bonds. The third-order valence-corrected chi connectivity index (χ3v) is 3.27. The van der Waals surface area contributed by atoms with Gasteiger partial charge >= 0.3 is 11.7 Å². The van der Waals surface area contributed by atoms with Gasteiger partial charge in [-0.1, -0.05) is 17.5 Å². The van der Waals surface area contributed by atoms with Crippen LogP contribution in [-0.2, 0) is 13.1 Å². The van der Waals surface area contributed by atoms with Crippen molar-refractivity contribution in [3.05, 3.63) is 45.6 Å². The number of carbonyl (C=O) groups excluding carboxylic acids is 1. The van der Waals surface area contributed by atoms with Crippen molar-refractivity contribution in [3.63, 3.8) is 0 Å². The first-order chi connectivity index (χ1) is 9.61. The Labute approximate surface area is 119 Å². The minimum Gasteiger partial charge on any atom is -0.285 e. The zero-order chi connectivity index (χ0) is 14.3. The second-order valence-electron chi connectivity index (χ2n) is 4.23. The molecule has 0 N–H and O–H groups in total. The van der Waals surface area contributed by atoms with E-state index in [2.05, 4.69) is 10.9 Å². The first-order valence-electron chi connectivity index (χ1n) is 5.81. The Kier molecular flexibility index (Phi) is 2.84. The summed E-state index contributed by atoms with van der Waals surface area (Å²) < 4.78 is 2.37. The standard InChI is InChI=1S/C13H9ClN4O2/c1-2-7-17-12(19)15-11-8-16(13(20)18(11)17)10-5-3-9(14)4-6-10/h1,3-6H,7-8H2. The second kappa shape index (κ2) is 4.54. The highest BCUT2D eigenvalue weighted by Gasteiger charge is 2.32. The first kappa shape index (κ1) is 12.5. The van der Waals surface area contributed by atoms with Crippen LogP contribution in [0.4, 0.5) is 10.5 Å². The minimum absolute atomic E-state index is 0.00598. The van der Waals surface area contributed by atoms with Crippen molar-refractivity contribution in [2.45, 2.75) is 13.1 Å². The van der Waals surface area contributed by atoms with Crippen LogP contribution in [0.25, 0.3) is 0 Å². The Morgan fingerprint density at radius 1 is 1.30 bits per heavy atom. The predicted molar refractivity (Wildman–Crippen MR) is 73.7 cm³/mol. The zero-order valence-corrected chi connectivity index (χ0v) is 11.0. The molecule has 0 atom stereocenters. The monoisotopic (exact) mass is 288 g/mol. The first-order valence-corrected chi connectivity index (χ1v) is 6.19. The van der Waals surface area contributed by atoms with Crippen LogP contribution in [0.3, 0.4) is 0 Å². The number of carbonyl (C=O) groups is 1. The van der Waals surface area contributed by atoms with Crippen molar-refractivity contribution in [2.75, 3.05) is 4.90 Å². The Morgan fingerprint density at radius 2 is 2.00 bits per heavy atom. The van der Waals surface area contributed by atoms with E-state index in [1.165, 1.54) is 9.58 Å². The fourth-order valence-electron chi connectivity index (χ4n) is 2.13. The van der Waals surface area contributed by atoms with Gasteiger partial charge in [-0.15, -0.1) is 6.42 Å². The lowest BCUT2D eigenvalue weighted by Gasteiger charge is -2.15. The molecule has 0 unspecified atom stereocenters. The van der Waals surface area contributed by atoms with Gasteiger partial charge in [0.15, 0.2) is 5.82 Å². The predicted octanol–water partition coefficient (Wildman–Crippen LogP) is 1.32. The Morgan fingerprint density at radius 3 is 2.65 bits per heavy atom. The lowest BCUT2D eigenvalue weighted by atomic mass is 10.3. The number of hydrogen-bond acceptors (Lipinski definition) is 3. The van der Waals surface area contributed by atoms with Crippen LogP contribution in [0, 0.1) is 12.3 Å². The summed E-state index contributed by atoms with van der Waals surface area (Å²) in [6, 6.07) is 6.50. The molecule has 20 heavy (non-hydrogen) atoms. The van der Waals surface area contributed by atoms with Gasteiger partial charge in [-0.05, 0) is 24.3 Å². The molecule has 100 valence electrons. The quantitative estimate of drug-likeness (QED) is 0.783. The maximum atomic E-state index is 12.4. The number of rotatable bonds is 2. The van der Waals surface area contributed by atoms with Gasteiger partial charge in [-0.3, -0.25) is 4.90 Å². The molecule has 7 heteroatoms. The van der Waals surface area contributed by atoms with Crippen LogP contribution in [-0.4, -0.2) is 20.4 Å². The summed E-state index contributed by atoms with van der Waals surface area (Å²) in [6.07, 6.45) is 5.20. The molecule has 0 fully saturated rings. The molecule has 0 bridgehead atoms. The van der Waals surface area contributed by atoms with E-state index in [4.69, 9.17) is 18.0 Å². The van der Waals surface area contributed by atoms with Gasteiger partial charge in [0.2, 0.25) is 0 Å². The molecule has 0 aliphatic carbocycles. The van der Waals surface area contributed by atoms with Crippen molar-refractivity contribution in [2.24, 2.45) is 0 Å². The summed E-state index contributed by atoms with van der Waals surface area (Å²) in [5.74, 6) is 2.72.